The number of hydrogen-bond acceptors (Lipinski definition) is 3. The van der Waals surface area contributed by atoms with Crippen LogP contribution in [-0.4, -0.2) is 31.7 Å². The van der Waals surface area contributed by atoms with E-state index in [4.69, 9.17) is 10.00 Å². The van der Waals surface area contributed by atoms with Gasteiger partial charge in [-0.1, -0.05) is 6.07 Å². The van der Waals surface area contributed by atoms with E-state index in [2.05, 4.69) is 4.90 Å². The molecule has 1 aromatic rings. The van der Waals surface area contributed by atoms with Crippen LogP contribution >= 0.6 is 0 Å². The van der Waals surface area contributed by atoms with Crippen LogP contribution in [0.25, 0.3) is 0 Å². The number of rotatable bonds is 4. The van der Waals surface area contributed by atoms with Crippen LogP contribution in [0.5, 0.6) is 0 Å². The van der Waals surface area contributed by atoms with Crippen LogP contribution in [0, 0.1) is 23.1 Å². The van der Waals surface area contributed by atoms with Crippen LogP contribution < -0.4 is 0 Å². The van der Waals surface area contributed by atoms with Crippen molar-refractivity contribution in [2.45, 2.75) is 19.4 Å². The van der Waals surface area contributed by atoms with E-state index in [1.54, 1.807) is 12.1 Å². The summed E-state index contributed by atoms with van der Waals surface area (Å²) in [6.45, 7) is 3.41. The van der Waals surface area contributed by atoms with Crippen LogP contribution in [-0.2, 0) is 11.3 Å². The molecule has 1 saturated heterocycles. The van der Waals surface area contributed by atoms with Crippen molar-refractivity contribution >= 4 is 0 Å². The molecule has 0 N–H and O–H groups in total. The highest BCUT2D eigenvalue weighted by Gasteiger charge is 2.16. The third kappa shape index (κ3) is 4.02. The molecule has 3 nitrogen and oxygen atoms in total. The highest BCUT2D eigenvalue weighted by Crippen LogP contribution is 2.16. The molecular weight excluding hydrogens is 243 g/mol. The third-order valence-corrected chi connectivity index (χ3v) is 3.43. The Bertz CT molecular complexity index is 464. The van der Waals surface area contributed by atoms with Crippen LogP contribution in [0.4, 0.5) is 4.39 Å². The van der Waals surface area contributed by atoms with Crippen molar-refractivity contribution in [3.05, 3.63) is 35.1 Å². The zero-order valence-electron chi connectivity index (χ0n) is 11.2. The van der Waals surface area contributed by atoms with Crippen LogP contribution in [0.2, 0.25) is 0 Å². The molecular formula is C15H19FN2O. The average molecular weight is 262 g/mol. The van der Waals surface area contributed by atoms with E-state index in [9.17, 15) is 4.39 Å². The topological polar surface area (TPSA) is 36.3 Å². The van der Waals surface area contributed by atoms with E-state index >= 15 is 0 Å². The van der Waals surface area contributed by atoms with Gasteiger partial charge in [0.2, 0.25) is 0 Å². The van der Waals surface area contributed by atoms with Gasteiger partial charge in [-0.15, -0.1) is 0 Å². The van der Waals surface area contributed by atoms with E-state index in [0.29, 0.717) is 5.92 Å². The van der Waals surface area contributed by atoms with Crippen molar-refractivity contribution in [1.82, 2.24) is 4.90 Å². The van der Waals surface area contributed by atoms with Gasteiger partial charge in [-0.3, -0.25) is 0 Å². The van der Waals surface area contributed by atoms with Gasteiger partial charge in [0.1, 0.15) is 11.9 Å². The summed E-state index contributed by atoms with van der Waals surface area (Å²) in [5.74, 6) is 0.129. The predicted molar refractivity (Wildman–Crippen MR) is 71.0 cm³/mol. The molecule has 19 heavy (non-hydrogen) atoms. The fourth-order valence-corrected chi connectivity index (χ4v) is 2.52. The Morgan fingerprint density at radius 3 is 3.05 bits per heavy atom. The first-order valence-electron chi connectivity index (χ1n) is 6.64. The fraction of sp³-hybridized carbons (Fsp3) is 0.533. The second kappa shape index (κ2) is 6.65. The predicted octanol–water partition coefficient (Wildman–Crippen LogP) is 2.56. The zero-order valence-corrected chi connectivity index (χ0v) is 11.2. The Morgan fingerprint density at radius 2 is 2.37 bits per heavy atom. The number of nitrogens with zero attached hydrogens (tertiary/aromatic N) is 2. The molecule has 1 heterocycles. The summed E-state index contributed by atoms with van der Waals surface area (Å²) in [4.78, 5) is 2.20. The van der Waals surface area contributed by atoms with Gasteiger partial charge < -0.3 is 9.64 Å². The van der Waals surface area contributed by atoms with Gasteiger partial charge >= 0.3 is 0 Å². The zero-order chi connectivity index (χ0) is 13.7. The lowest BCUT2D eigenvalue weighted by atomic mass is 10.0. The molecule has 0 saturated carbocycles. The Hall–Kier alpha value is -1.44. The summed E-state index contributed by atoms with van der Waals surface area (Å²) in [7, 11) is 2.05. The SMILES string of the molecule is CN(Cc1ccc(F)c(C#N)c1)CC1CCCOC1. The maximum Gasteiger partial charge on any atom is 0.140 e. The largest absolute Gasteiger partial charge is 0.381 e. The molecule has 0 aromatic heterocycles. The second-order valence-corrected chi connectivity index (χ2v) is 5.21. The minimum Gasteiger partial charge on any atom is -0.381 e. The van der Waals surface area contributed by atoms with Gasteiger partial charge in [0.05, 0.1) is 12.2 Å². The number of ether oxygens (including phenoxy) is 1. The first-order valence-corrected chi connectivity index (χ1v) is 6.64. The average Bonchev–Trinajstić information content (AvgIpc) is 2.42. The van der Waals surface area contributed by atoms with Crippen molar-refractivity contribution in [3.63, 3.8) is 0 Å². The lowest BCUT2D eigenvalue weighted by Gasteiger charge is -2.27. The van der Waals surface area contributed by atoms with Crippen molar-refractivity contribution in [2.24, 2.45) is 5.92 Å². The van der Waals surface area contributed by atoms with Gasteiger partial charge in [-0.05, 0) is 43.5 Å². The summed E-state index contributed by atoms with van der Waals surface area (Å²) in [6.07, 6.45) is 2.34. The highest BCUT2D eigenvalue weighted by molar-refractivity contribution is 5.34. The molecule has 0 amide bonds. The van der Waals surface area contributed by atoms with E-state index in [1.165, 1.54) is 12.5 Å². The highest BCUT2D eigenvalue weighted by atomic mass is 19.1. The number of nitriles is 1. The van der Waals surface area contributed by atoms with Crippen molar-refractivity contribution in [3.8, 4) is 6.07 Å². The smallest absolute Gasteiger partial charge is 0.140 e. The minimum absolute atomic E-state index is 0.117. The monoisotopic (exact) mass is 262 g/mol. The Balaban J connectivity index is 1.91. The summed E-state index contributed by atoms with van der Waals surface area (Å²) in [6, 6.07) is 6.61. The van der Waals surface area contributed by atoms with E-state index in [-0.39, 0.29) is 5.56 Å². The van der Waals surface area contributed by atoms with Crippen molar-refractivity contribution < 1.29 is 9.13 Å². The summed E-state index contributed by atoms with van der Waals surface area (Å²) >= 11 is 0. The molecule has 0 spiro atoms. The normalized spacial score (nSPS) is 19.4. The molecule has 2 rings (SSSR count). The molecule has 1 unspecified atom stereocenters. The van der Waals surface area contributed by atoms with Crippen LogP contribution in [0.3, 0.4) is 0 Å². The fourth-order valence-electron chi connectivity index (χ4n) is 2.52. The maximum absolute atomic E-state index is 13.2. The molecule has 102 valence electrons. The lowest BCUT2D eigenvalue weighted by Crippen LogP contribution is -2.30. The molecule has 0 bridgehead atoms. The Kier molecular flexibility index (Phi) is 4.89. The maximum atomic E-state index is 13.2. The van der Waals surface area contributed by atoms with E-state index in [1.807, 2.05) is 13.1 Å². The molecule has 0 aliphatic carbocycles. The van der Waals surface area contributed by atoms with Crippen molar-refractivity contribution in [1.29, 1.82) is 5.26 Å². The van der Waals surface area contributed by atoms with Gasteiger partial charge in [0.25, 0.3) is 0 Å². The van der Waals surface area contributed by atoms with E-state index < -0.39 is 5.82 Å². The van der Waals surface area contributed by atoms with Crippen LogP contribution in [0.15, 0.2) is 18.2 Å². The van der Waals surface area contributed by atoms with Gasteiger partial charge in [0, 0.05) is 19.7 Å². The molecule has 1 fully saturated rings. The molecule has 4 heteroatoms. The first kappa shape index (κ1) is 14.0. The summed E-state index contributed by atoms with van der Waals surface area (Å²) < 4.78 is 18.7. The van der Waals surface area contributed by atoms with E-state index in [0.717, 1.165) is 38.3 Å². The second-order valence-electron chi connectivity index (χ2n) is 5.21. The Labute approximate surface area is 113 Å². The third-order valence-electron chi connectivity index (χ3n) is 3.43. The molecule has 1 atom stereocenters. The number of halogens is 1. The molecule has 1 aromatic carbocycles. The summed E-state index contributed by atoms with van der Waals surface area (Å²) in [5.41, 5.74) is 1.09. The molecule has 1 aliphatic heterocycles. The van der Waals surface area contributed by atoms with Crippen LogP contribution in [0.1, 0.15) is 24.0 Å². The van der Waals surface area contributed by atoms with Gasteiger partial charge in [-0.2, -0.15) is 5.26 Å². The van der Waals surface area contributed by atoms with Gasteiger partial charge in [0.15, 0.2) is 0 Å². The standard InChI is InChI=1S/C15H19FN2O/c1-18(10-13-3-2-6-19-11-13)9-12-4-5-15(16)14(7-12)8-17/h4-5,7,13H,2-3,6,9-11H2,1H3. The quantitative estimate of drug-likeness (QED) is 0.836. The lowest BCUT2D eigenvalue weighted by molar-refractivity contribution is 0.0411. The van der Waals surface area contributed by atoms with Gasteiger partial charge in [-0.25, -0.2) is 4.39 Å². The minimum atomic E-state index is -0.449. The number of benzene rings is 1. The molecule has 1 aliphatic rings. The first-order chi connectivity index (χ1) is 9.19. The Morgan fingerprint density at radius 1 is 1.53 bits per heavy atom. The van der Waals surface area contributed by atoms with Crippen molar-refractivity contribution in [2.75, 3.05) is 26.8 Å². The number of hydrogen-bond donors (Lipinski definition) is 0. The summed E-state index contributed by atoms with van der Waals surface area (Å²) in [5, 5.41) is 8.82. The molecule has 0 radical (unpaired) electrons.